The van der Waals surface area contributed by atoms with E-state index < -0.39 is 0 Å². The summed E-state index contributed by atoms with van der Waals surface area (Å²) in [5.41, 5.74) is 8.99. The summed E-state index contributed by atoms with van der Waals surface area (Å²) in [5.74, 6) is 6.40. The number of rotatable bonds is 2. The summed E-state index contributed by atoms with van der Waals surface area (Å²) in [4.78, 5) is 6.96. The van der Waals surface area contributed by atoms with Gasteiger partial charge in [-0.1, -0.05) is 11.0 Å². The Labute approximate surface area is 102 Å². The molecule has 0 atom stereocenters. The first-order chi connectivity index (χ1) is 8.33. The molecule has 6 heteroatoms. The van der Waals surface area contributed by atoms with Crippen LogP contribution in [0.3, 0.4) is 0 Å². The van der Waals surface area contributed by atoms with Gasteiger partial charge in [0.1, 0.15) is 5.75 Å². The lowest BCUT2D eigenvalue weighted by Gasteiger charge is -1.96. The van der Waals surface area contributed by atoms with Gasteiger partial charge in [0.15, 0.2) is 5.01 Å². The first-order valence-corrected chi connectivity index (χ1v) is 5.59. The summed E-state index contributed by atoms with van der Waals surface area (Å²) in [6.07, 6.45) is 0. The van der Waals surface area contributed by atoms with E-state index in [1.54, 1.807) is 7.11 Å². The number of ether oxygens (including phenoxy) is 1. The normalized spacial score (nSPS) is 9.24. The lowest BCUT2D eigenvalue weighted by molar-refractivity contribution is 0.415. The molecule has 1 aromatic carbocycles. The molecule has 0 unspecified atom stereocenters. The van der Waals surface area contributed by atoms with Gasteiger partial charge in [0.2, 0.25) is 0 Å². The molecular weight excluding hydrogens is 236 g/mol. The van der Waals surface area contributed by atoms with E-state index in [2.05, 4.69) is 26.9 Å². The van der Waals surface area contributed by atoms with E-state index in [0.717, 1.165) is 16.0 Å². The third kappa shape index (κ3) is 2.67. The van der Waals surface area contributed by atoms with Gasteiger partial charge >= 0.3 is 0 Å². The Morgan fingerprint density at radius 3 is 3.24 bits per heavy atom. The largest absolute Gasteiger partial charge is 0.497 e. The van der Waals surface area contributed by atoms with Crippen LogP contribution >= 0.6 is 11.3 Å². The van der Waals surface area contributed by atoms with Crippen LogP contribution in [0.4, 0.5) is 0 Å². The van der Waals surface area contributed by atoms with Crippen molar-refractivity contribution in [3.63, 3.8) is 0 Å². The molecule has 2 aromatic rings. The number of azide groups is 1. The van der Waals surface area contributed by atoms with E-state index in [1.165, 1.54) is 11.3 Å². The van der Waals surface area contributed by atoms with Crippen molar-refractivity contribution in [2.45, 2.75) is 0 Å². The highest BCUT2D eigenvalue weighted by atomic mass is 32.1. The molecule has 5 nitrogen and oxygen atoms in total. The lowest BCUT2D eigenvalue weighted by atomic mass is 10.3. The zero-order valence-electron chi connectivity index (χ0n) is 9.04. The van der Waals surface area contributed by atoms with E-state index >= 15 is 0 Å². The van der Waals surface area contributed by atoms with E-state index in [-0.39, 0.29) is 6.54 Å². The molecule has 1 heterocycles. The van der Waals surface area contributed by atoms with Gasteiger partial charge in [0.25, 0.3) is 0 Å². The van der Waals surface area contributed by atoms with Gasteiger partial charge in [-0.25, -0.2) is 4.98 Å². The number of nitrogens with zero attached hydrogens (tertiary/aromatic N) is 4. The van der Waals surface area contributed by atoms with Crippen molar-refractivity contribution < 1.29 is 4.74 Å². The topological polar surface area (TPSA) is 70.9 Å². The van der Waals surface area contributed by atoms with Crippen LogP contribution in [0.5, 0.6) is 5.75 Å². The zero-order valence-corrected chi connectivity index (χ0v) is 9.86. The van der Waals surface area contributed by atoms with Gasteiger partial charge in [0, 0.05) is 4.91 Å². The van der Waals surface area contributed by atoms with Crippen LogP contribution < -0.4 is 4.74 Å². The Kier molecular flexibility index (Phi) is 3.46. The second kappa shape index (κ2) is 5.21. The molecule has 17 heavy (non-hydrogen) atoms. The molecule has 0 aliphatic rings. The predicted octanol–water partition coefficient (Wildman–Crippen LogP) is 2.97. The molecule has 0 aliphatic heterocycles. The SMILES string of the molecule is COc1ccc2nc(C#CCN=[N+]=[N-])sc2c1. The van der Waals surface area contributed by atoms with Crippen molar-refractivity contribution >= 4 is 21.6 Å². The van der Waals surface area contributed by atoms with E-state index in [9.17, 15) is 0 Å². The Morgan fingerprint density at radius 1 is 1.59 bits per heavy atom. The molecule has 0 N–H and O–H groups in total. The summed E-state index contributed by atoms with van der Waals surface area (Å²) in [6.45, 7) is 0.162. The molecule has 2 rings (SSSR count). The van der Waals surface area contributed by atoms with Crippen LogP contribution in [0, 0.1) is 11.8 Å². The van der Waals surface area contributed by atoms with Crippen LogP contribution in [0.2, 0.25) is 0 Å². The number of aromatic nitrogens is 1. The molecule has 0 amide bonds. The monoisotopic (exact) mass is 244 g/mol. The van der Waals surface area contributed by atoms with Crippen LogP contribution in [-0.2, 0) is 0 Å². The molecule has 1 aromatic heterocycles. The fourth-order valence-electron chi connectivity index (χ4n) is 1.27. The van der Waals surface area contributed by atoms with Crippen LogP contribution in [0.1, 0.15) is 5.01 Å². The van der Waals surface area contributed by atoms with Crippen molar-refractivity contribution in [3.05, 3.63) is 33.6 Å². The second-order valence-electron chi connectivity index (χ2n) is 3.04. The summed E-state index contributed by atoms with van der Waals surface area (Å²) >= 11 is 1.49. The summed E-state index contributed by atoms with van der Waals surface area (Å²) in [5, 5.41) is 4.04. The van der Waals surface area contributed by atoms with Gasteiger partial charge in [-0.15, -0.1) is 11.3 Å². The Bertz CT molecular complexity index is 646. The van der Waals surface area contributed by atoms with Crippen molar-refractivity contribution in [1.82, 2.24) is 4.98 Å². The third-order valence-electron chi connectivity index (χ3n) is 2.00. The van der Waals surface area contributed by atoms with Crippen molar-refractivity contribution in [3.8, 4) is 17.6 Å². The second-order valence-corrected chi connectivity index (χ2v) is 4.07. The molecule has 0 radical (unpaired) electrons. The fourth-order valence-corrected chi connectivity index (χ4v) is 2.14. The minimum absolute atomic E-state index is 0.162. The number of methoxy groups -OCH3 is 1. The van der Waals surface area contributed by atoms with Gasteiger partial charge in [0.05, 0.1) is 23.9 Å². The first-order valence-electron chi connectivity index (χ1n) is 4.78. The van der Waals surface area contributed by atoms with Gasteiger partial charge in [-0.3, -0.25) is 0 Å². The maximum atomic E-state index is 8.10. The maximum Gasteiger partial charge on any atom is 0.168 e. The quantitative estimate of drug-likeness (QED) is 0.352. The number of thiazole rings is 1. The van der Waals surface area contributed by atoms with Gasteiger partial charge in [-0.2, -0.15) is 0 Å². The Hall–Kier alpha value is -2.22. The number of hydrogen-bond donors (Lipinski definition) is 0. The zero-order chi connectivity index (χ0) is 12.1. The molecule has 0 saturated heterocycles. The van der Waals surface area contributed by atoms with Crippen molar-refractivity contribution in [2.24, 2.45) is 5.11 Å². The van der Waals surface area contributed by atoms with Gasteiger partial charge in [-0.05, 0) is 29.7 Å². The molecule has 0 fully saturated rings. The smallest absolute Gasteiger partial charge is 0.168 e. The molecule has 0 aliphatic carbocycles. The highest BCUT2D eigenvalue weighted by molar-refractivity contribution is 7.19. The molecule has 0 spiro atoms. The van der Waals surface area contributed by atoms with Crippen LogP contribution in [-0.4, -0.2) is 18.6 Å². The standard InChI is InChI=1S/C11H8N4OS/c1-16-8-4-5-9-10(7-8)17-11(14-9)3-2-6-13-15-12/h4-5,7H,6H2,1H3. The Balaban J connectivity index is 2.30. The number of fused-ring (bicyclic) bond motifs is 1. The lowest BCUT2D eigenvalue weighted by Crippen LogP contribution is -1.80. The molecule has 84 valence electrons. The summed E-state index contributed by atoms with van der Waals surface area (Å²) < 4.78 is 6.16. The predicted molar refractivity (Wildman–Crippen MR) is 67.1 cm³/mol. The van der Waals surface area contributed by atoms with Crippen molar-refractivity contribution in [2.75, 3.05) is 13.7 Å². The average molecular weight is 244 g/mol. The third-order valence-corrected chi connectivity index (χ3v) is 2.94. The number of hydrogen-bond acceptors (Lipinski definition) is 4. The minimum Gasteiger partial charge on any atom is -0.497 e. The highest BCUT2D eigenvalue weighted by Crippen LogP contribution is 2.25. The van der Waals surface area contributed by atoms with Crippen LogP contribution in [0.15, 0.2) is 23.3 Å². The fraction of sp³-hybridized carbons (Fsp3) is 0.182. The van der Waals surface area contributed by atoms with E-state index in [4.69, 9.17) is 10.3 Å². The summed E-state index contributed by atoms with van der Waals surface area (Å²) in [7, 11) is 1.63. The highest BCUT2D eigenvalue weighted by Gasteiger charge is 2.02. The maximum absolute atomic E-state index is 8.10. The number of benzene rings is 1. The average Bonchev–Trinajstić information content (AvgIpc) is 2.76. The summed E-state index contributed by atoms with van der Waals surface area (Å²) in [6, 6.07) is 5.67. The Morgan fingerprint density at radius 2 is 2.47 bits per heavy atom. The van der Waals surface area contributed by atoms with E-state index in [0.29, 0.717) is 5.01 Å². The minimum atomic E-state index is 0.162. The molecule has 0 bridgehead atoms. The molecular formula is C11H8N4OS. The van der Waals surface area contributed by atoms with Crippen LogP contribution in [0.25, 0.3) is 20.7 Å². The van der Waals surface area contributed by atoms with E-state index in [1.807, 2.05) is 18.2 Å². The van der Waals surface area contributed by atoms with Gasteiger partial charge < -0.3 is 4.74 Å². The first kappa shape index (κ1) is 11.3. The van der Waals surface area contributed by atoms with Crippen molar-refractivity contribution in [1.29, 1.82) is 0 Å². The molecule has 0 saturated carbocycles.